The van der Waals surface area contributed by atoms with Crippen LogP contribution in [0.1, 0.15) is 35.5 Å². The van der Waals surface area contributed by atoms with Crippen LogP contribution >= 0.6 is 0 Å². The molecule has 1 unspecified atom stereocenters. The van der Waals surface area contributed by atoms with Gasteiger partial charge in [-0.3, -0.25) is 0 Å². The third kappa shape index (κ3) is 4.48. The first-order valence-corrected chi connectivity index (χ1v) is 9.13. The second-order valence-corrected chi connectivity index (χ2v) is 6.99. The lowest BCUT2D eigenvalue weighted by atomic mass is 10.0. The Kier molecular flexibility index (Phi) is 5.53. The molecule has 1 aliphatic rings. The predicted octanol–water partition coefficient (Wildman–Crippen LogP) is 3.20. The molecule has 0 saturated carbocycles. The Morgan fingerprint density at radius 3 is 2.76 bits per heavy atom. The van der Waals surface area contributed by atoms with Gasteiger partial charge in [-0.05, 0) is 45.2 Å². The lowest BCUT2D eigenvalue weighted by Crippen LogP contribution is -2.46. The molecule has 0 amide bonds. The molecule has 1 aromatic heterocycles. The summed E-state index contributed by atoms with van der Waals surface area (Å²) in [5, 5.41) is 7.03. The number of nitrogens with zero attached hydrogens (tertiary/aromatic N) is 3. The fourth-order valence-electron chi connectivity index (χ4n) is 3.58. The van der Waals surface area contributed by atoms with Gasteiger partial charge < -0.3 is 15.5 Å². The largest absolute Gasteiger partial charge is 0.388 e. The molecule has 2 heterocycles. The molecular weight excluding hydrogens is 310 g/mol. The molecule has 25 heavy (non-hydrogen) atoms. The number of nitrogens with one attached hydrogen (secondary N) is 2. The first-order chi connectivity index (χ1) is 12.0. The van der Waals surface area contributed by atoms with E-state index in [0.717, 1.165) is 37.0 Å². The van der Waals surface area contributed by atoms with Gasteiger partial charge in [-0.1, -0.05) is 17.7 Å². The smallest absolute Gasteiger partial charge is 0.132 e. The molecule has 5 nitrogen and oxygen atoms in total. The van der Waals surface area contributed by atoms with E-state index in [1.165, 1.54) is 29.7 Å². The molecule has 0 radical (unpaired) electrons. The van der Waals surface area contributed by atoms with Gasteiger partial charge in [0.1, 0.15) is 11.6 Å². The van der Waals surface area contributed by atoms with E-state index in [0.29, 0.717) is 6.04 Å². The fourth-order valence-corrected chi connectivity index (χ4v) is 3.58. The Morgan fingerprint density at radius 2 is 2.00 bits per heavy atom. The summed E-state index contributed by atoms with van der Waals surface area (Å²) in [6.07, 6.45) is 2.40. The Balaban J connectivity index is 1.65. The normalized spacial score (nSPS) is 17.6. The molecule has 3 rings (SSSR count). The highest BCUT2D eigenvalue weighted by molar-refractivity contribution is 5.52. The van der Waals surface area contributed by atoms with Gasteiger partial charge in [0.2, 0.25) is 0 Å². The van der Waals surface area contributed by atoms with Crippen molar-refractivity contribution in [1.29, 1.82) is 0 Å². The Hall–Kier alpha value is -2.14. The van der Waals surface area contributed by atoms with E-state index in [2.05, 4.69) is 56.7 Å². The minimum atomic E-state index is 0.481. The number of anilines is 2. The lowest BCUT2D eigenvalue weighted by Gasteiger charge is -2.34. The van der Waals surface area contributed by atoms with Gasteiger partial charge >= 0.3 is 0 Å². The SMILES string of the molecule is CNc1ccc(C)cc1CNC1CCCN(c2cc(C)nc(C)n2)C1. The van der Waals surface area contributed by atoms with Crippen molar-refractivity contribution in [2.45, 2.75) is 46.2 Å². The predicted molar refractivity (Wildman–Crippen MR) is 104 cm³/mol. The summed E-state index contributed by atoms with van der Waals surface area (Å²) in [4.78, 5) is 11.4. The van der Waals surface area contributed by atoms with Crippen LogP contribution in [0.3, 0.4) is 0 Å². The van der Waals surface area contributed by atoms with E-state index in [1.807, 2.05) is 20.9 Å². The highest BCUT2D eigenvalue weighted by atomic mass is 15.2. The molecule has 0 aliphatic carbocycles. The number of hydrogen-bond acceptors (Lipinski definition) is 5. The number of aryl methyl sites for hydroxylation is 3. The minimum Gasteiger partial charge on any atom is -0.388 e. The summed E-state index contributed by atoms with van der Waals surface area (Å²) < 4.78 is 0. The van der Waals surface area contributed by atoms with Crippen molar-refractivity contribution in [3.8, 4) is 0 Å². The third-order valence-electron chi connectivity index (χ3n) is 4.81. The number of rotatable bonds is 5. The molecule has 1 aliphatic heterocycles. The van der Waals surface area contributed by atoms with Gasteiger partial charge in [0.15, 0.2) is 0 Å². The van der Waals surface area contributed by atoms with Crippen LogP contribution in [0.2, 0.25) is 0 Å². The van der Waals surface area contributed by atoms with Crippen LogP contribution in [0.25, 0.3) is 0 Å². The van der Waals surface area contributed by atoms with Crippen LogP contribution in [0.15, 0.2) is 24.3 Å². The quantitative estimate of drug-likeness (QED) is 0.876. The van der Waals surface area contributed by atoms with E-state index in [9.17, 15) is 0 Å². The monoisotopic (exact) mass is 339 g/mol. The standard InChI is InChI=1S/C20H29N5/c1-14-7-8-19(21-4)17(10-14)12-22-18-6-5-9-25(13-18)20-11-15(2)23-16(3)24-20/h7-8,10-11,18,21-22H,5-6,9,12-13H2,1-4H3. The van der Waals surface area contributed by atoms with Crippen LogP contribution in [-0.2, 0) is 6.54 Å². The van der Waals surface area contributed by atoms with Crippen LogP contribution in [0.4, 0.5) is 11.5 Å². The van der Waals surface area contributed by atoms with Crippen molar-refractivity contribution in [1.82, 2.24) is 15.3 Å². The van der Waals surface area contributed by atoms with E-state index in [-0.39, 0.29) is 0 Å². The molecule has 2 aromatic rings. The van der Waals surface area contributed by atoms with Crippen molar-refractivity contribution in [3.63, 3.8) is 0 Å². The maximum Gasteiger partial charge on any atom is 0.132 e. The molecule has 1 aromatic carbocycles. The molecule has 2 N–H and O–H groups in total. The highest BCUT2D eigenvalue weighted by Crippen LogP contribution is 2.21. The fraction of sp³-hybridized carbons (Fsp3) is 0.500. The topological polar surface area (TPSA) is 53.1 Å². The summed E-state index contributed by atoms with van der Waals surface area (Å²) in [6, 6.07) is 9.14. The molecule has 1 atom stereocenters. The molecule has 134 valence electrons. The Labute approximate surface area is 150 Å². The van der Waals surface area contributed by atoms with Crippen LogP contribution in [0, 0.1) is 20.8 Å². The molecule has 1 saturated heterocycles. The maximum atomic E-state index is 4.63. The van der Waals surface area contributed by atoms with E-state index >= 15 is 0 Å². The number of aromatic nitrogens is 2. The third-order valence-corrected chi connectivity index (χ3v) is 4.81. The lowest BCUT2D eigenvalue weighted by molar-refractivity contribution is 0.420. The van der Waals surface area contributed by atoms with Gasteiger partial charge in [0.05, 0.1) is 0 Å². The molecular formula is C20H29N5. The molecule has 1 fully saturated rings. The summed E-state index contributed by atoms with van der Waals surface area (Å²) in [5.74, 6) is 1.91. The van der Waals surface area contributed by atoms with E-state index in [1.54, 1.807) is 0 Å². The first-order valence-electron chi connectivity index (χ1n) is 9.13. The van der Waals surface area contributed by atoms with Crippen molar-refractivity contribution in [3.05, 3.63) is 46.9 Å². The summed E-state index contributed by atoms with van der Waals surface area (Å²) in [6.45, 7) is 9.10. The van der Waals surface area contributed by atoms with E-state index < -0.39 is 0 Å². The second kappa shape index (κ2) is 7.83. The maximum absolute atomic E-state index is 4.63. The molecule has 0 bridgehead atoms. The van der Waals surface area contributed by atoms with Crippen molar-refractivity contribution in [2.75, 3.05) is 30.4 Å². The van der Waals surface area contributed by atoms with Crippen LogP contribution < -0.4 is 15.5 Å². The highest BCUT2D eigenvalue weighted by Gasteiger charge is 2.21. The van der Waals surface area contributed by atoms with Gasteiger partial charge in [0, 0.05) is 50.2 Å². The van der Waals surface area contributed by atoms with Crippen molar-refractivity contribution >= 4 is 11.5 Å². The average Bonchev–Trinajstić information content (AvgIpc) is 2.59. The zero-order valence-corrected chi connectivity index (χ0v) is 15.8. The Bertz CT molecular complexity index is 708. The summed E-state index contributed by atoms with van der Waals surface area (Å²) in [7, 11) is 1.98. The van der Waals surface area contributed by atoms with Crippen LogP contribution in [0.5, 0.6) is 0 Å². The molecule has 0 spiro atoms. The van der Waals surface area contributed by atoms with Gasteiger partial charge in [-0.2, -0.15) is 0 Å². The Morgan fingerprint density at radius 1 is 1.16 bits per heavy atom. The van der Waals surface area contributed by atoms with Crippen molar-refractivity contribution < 1.29 is 0 Å². The minimum absolute atomic E-state index is 0.481. The summed E-state index contributed by atoms with van der Waals surface area (Å²) >= 11 is 0. The number of benzene rings is 1. The zero-order chi connectivity index (χ0) is 17.8. The van der Waals surface area contributed by atoms with E-state index in [4.69, 9.17) is 0 Å². The zero-order valence-electron chi connectivity index (χ0n) is 15.8. The average molecular weight is 339 g/mol. The summed E-state index contributed by atoms with van der Waals surface area (Å²) in [5.41, 5.74) is 4.87. The van der Waals surface area contributed by atoms with Gasteiger partial charge in [0.25, 0.3) is 0 Å². The van der Waals surface area contributed by atoms with Crippen LogP contribution in [-0.4, -0.2) is 36.1 Å². The van der Waals surface area contributed by atoms with Gasteiger partial charge in [-0.25, -0.2) is 9.97 Å². The van der Waals surface area contributed by atoms with Crippen molar-refractivity contribution in [2.24, 2.45) is 0 Å². The number of piperidine rings is 1. The number of hydrogen-bond donors (Lipinski definition) is 2. The molecule has 5 heteroatoms. The second-order valence-electron chi connectivity index (χ2n) is 6.99. The first kappa shape index (κ1) is 17.7. The van der Waals surface area contributed by atoms with Gasteiger partial charge in [-0.15, -0.1) is 0 Å².